The average Bonchev–Trinajstić information content (AvgIpc) is 3.10. The Labute approximate surface area is 124 Å². The van der Waals surface area contributed by atoms with Crippen molar-refractivity contribution in [2.75, 3.05) is 12.3 Å². The van der Waals surface area contributed by atoms with Crippen LogP contribution in [0.3, 0.4) is 0 Å². The van der Waals surface area contributed by atoms with Crippen LogP contribution in [0.4, 0.5) is 0 Å². The second-order valence-corrected chi connectivity index (χ2v) is 7.36. The third-order valence-electron chi connectivity index (χ3n) is 3.92. The Morgan fingerprint density at radius 1 is 1.38 bits per heavy atom. The second kappa shape index (κ2) is 5.27. The van der Waals surface area contributed by atoms with Crippen LogP contribution < -0.4 is 0 Å². The Bertz CT molecular complexity index is 720. The Balaban J connectivity index is 1.89. The van der Waals surface area contributed by atoms with Crippen molar-refractivity contribution in [3.05, 3.63) is 36.2 Å². The number of nitrogens with zero attached hydrogens (tertiary/aromatic N) is 5. The van der Waals surface area contributed by atoms with Gasteiger partial charge in [-0.3, -0.25) is 4.68 Å². The van der Waals surface area contributed by atoms with Crippen LogP contribution in [0.5, 0.6) is 0 Å². The molecule has 1 aliphatic rings. The molecule has 1 atom stereocenters. The fraction of sp³-hybridized carbons (Fsp3) is 0.538. The molecular formula is C13H19N5O2S. The number of sulfonamides is 1. The van der Waals surface area contributed by atoms with E-state index in [0.717, 1.165) is 11.5 Å². The van der Waals surface area contributed by atoms with Gasteiger partial charge in [0, 0.05) is 25.5 Å². The van der Waals surface area contributed by atoms with Crippen molar-refractivity contribution in [1.82, 2.24) is 23.6 Å². The Hall–Kier alpha value is -1.67. The summed E-state index contributed by atoms with van der Waals surface area (Å²) in [6.45, 7) is 5.34. The maximum absolute atomic E-state index is 12.1. The van der Waals surface area contributed by atoms with Crippen molar-refractivity contribution in [3.63, 3.8) is 0 Å². The van der Waals surface area contributed by atoms with Crippen LogP contribution in [0.2, 0.25) is 0 Å². The Kier molecular flexibility index (Phi) is 3.58. The fourth-order valence-corrected chi connectivity index (χ4v) is 4.04. The number of rotatable bonds is 4. The number of imidazole rings is 1. The number of hydrogen-bond donors (Lipinski definition) is 0. The van der Waals surface area contributed by atoms with Gasteiger partial charge in [-0.15, -0.1) is 0 Å². The van der Waals surface area contributed by atoms with Gasteiger partial charge in [-0.1, -0.05) is 0 Å². The third kappa shape index (κ3) is 2.49. The molecule has 0 aromatic carbocycles. The molecule has 0 spiro atoms. The molecule has 3 rings (SSSR count). The molecule has 7 nitrogen and oxygen atoms in total. The summed E-state index contributed by atoms with van der Waals surface area (Å²) >= 11 is 0. The van der Waals surface area contributed by atoms with Gasteiger partial charge >= 0.3 is 0 Å². The number of hydrogen-bond acceptors (Lipinski definition) is 4. The first-order chi connectivity index (χ1) is 10.0. The lowest BCUT2D eigenvalue weighted by Crippen LogP contribution is -2.42. The van der Waals surface area contributed by atoms with E-state index in [1.807, 2.05) is 30.1 Å². The van der Waals surface area contributed by atoms with Crippen molar-refractivity contribution in [3.8, 4) is 0 Å². The lowest BCUT2D eigenvalue weighted by Gasteiger charge is -2.33. The predicted octanol–water partition coefficient (Wildman–Crippen LogP) is 0.854. The van der Waals surface area contributed by atoms with Crippen molar-refractivity contribution in [1.29, 1.82) is 0 Å². The standard InChI is InChI=1S/C13H19N5O2S/c1-3-21(19,20)18-8-7-17-12(9-14-13(17)11(18)2)10-16-6-4-5-15-16/h4-6,9,11H,3,7-8,10H2,1-2H3. The molecule has 0 bridgehead atoms. The fourth-order valence-electron chi connectivity index (χ4n) is 2.77. The first-order valence-electron chi connectivity index (χ1n) is 7.04. The monoisotopic (exact) mass is 309 g/mol. The predicted molar refractivity (Wildman–Crippen MR) is 78.1 cm³/mol. The highest BCUT2D eigenvalue weighted by atomic mass is 32.2. The van der Waals surface area contributed by atoms with Crippen molar-refractivity contribution < 1.29 is 8.42 Å². The first-order valence-corrected chi connectivity index (χ1v) is 8.65. The van der Waals surface area contributed by atoms with E-state index in [2.05, 4.69) is 14.6 Å². The number of aromatic nitrogens is 4. The van der Waals surface area contributed by atoms with Crippen LogP contribution in [0.25, 0.3) is 0 Å². The maximum Gasteiger partial charge on any atom is 0.214 e. The van der Waals surface area contributed by atoms with E-state index in [1.165, 1.54) is 0 Å². The van der Waals surface area contributed by atoms with Gasteiger partial charge in [0.25, 0.3) is 0 Å². The molecular weight excluding hydrogens is 290 g/mol. The highest BCUT2D eigenvalue weighted by Gasteiger charge is 2.33. The molecule has 8 heteroatoms. The zero-order valence-corrected chi connectivity index (χ0v) is 13.0. The van der Waals surface area contributed by atoms with Gasteiger partial charge in [0.15, 0.2) is 0 Å². The summed E-state index contributed by atoms with van der Waals surface area (Å²) in [5.74, 6) is 0.929. The first kappa shape index (κ1) is 14.3. The lowest BCUT2D eigenvalue weighted by atomic mass is 10.2. The van der Waals surface area contributed by atoms with Gasteiger partial charge in [0.2, 0.25) is 10.0 Å². The summed E-state index contributed by atoms with van der Waals surface area (Å²) in [5, 5.41) is 4.20. The van der Waals surface area contributed by atoms with Gasteiger partial charge < -0.3 is 4.57 Å². The van der Waals surface area contributed by atoms with Gasteiger partial charge in [-0.05, 0) is 19.9 Å². The SMILES string of the molecule is CCS(=O)(=O)N1CCn2c(Cn3cccn3)cnc2C1C. The summed E-state index contributed by atoms with van der Waals surface area (Å²) in [7, 11) is -3.19. The number of fused-ring (bicyclic) bond motifs is 1. The summed E-state index contributed by atoms with van der Waals surface area (Å²) in [6, 6.07) is 1.65. The largest absolute Gasteiger partial charge is 0.328 e. The molecule has 0 saturated heterocycles. The molecule has 0 saturated carbocycles. The average molecular weight is 309 g/mol. The van der Waals surface area contributed by atoms with Crippen molar-refractivity contribution >= 4 is 10.0 Å². The van der Waals surface area contributed by atoms with E-state index in [9.17, 15) is 8.42 Å². The van der Waals surface area contributed by atoms with Gasteiger partial charge in [0.05, 0.1) is 30.2 Å². The molecule has 2 aromatic rings. The van der Waals surface area contributed by atoms with Gasteiger partial charge in [0.1, 0.15) is 5.82 Å². The highest BCUT2D eigenvalue weighted by molar-refractivity contribution is 7.89. The molecule has 0 aliphatic carbocycles. The smallest absolute Gasteiger partial charge is 0.214 e. The van der Waals surface area contributed by atoms with E-state index >= 15 is 0 Å². The highest BCUT2D eigenvalue weighted by Crippen LogP contribution is 2.28. The molecule has 0 fully saturated rings. The van der Waals surface area contributed by atoms with Gasteiger partial charge in [-0.25, -0.2) is 13.4 Å². The van der Waals surface area contributed by atoms with Gasteiger partial charge in [-0.2, -0.15) is 9.40 Å². The Morgan fingerprint density at radius 2 is 2.19 bits per heavy atom. The summed E-state index contributed by atoms with van der Waals surface area (Å²) < 4.78 is 29.7. The lowest BCUT2D eigenvalue weighted by molar-refractivity contribution is 0.273. The second-order valence-electron chi connectivity index (χ2n) is 5.15. The molecule has 114 valence electrons. The van der Waals surface area contributed by atoms with E-state index in [0.29, 0.717) is 19.6 Å². The van der Waals surface area contributed by atoms with Crippen molar-refractivity contribution in [2.24, 2.45) is 0 Å². The van der Waals surface area contributed by atoms with Crippen LogP contribution in [0.1, 0.15) is 31.4 Å². The summed E-state index contributed by atoms with van der Waals surface area (Å²) in [6.07, 6.45) is 5.46. The Morgan fingerprint density at radius 3 is 2.86 bits per heavy atom. The molecule has 0 amide bonds. The minimum Gasteiger partial charge on any atom is -0.328 e. The van der Waals surface area contributed by atoms with E-state index in [-0.39, 0.29) is 11.8 Å². The molecule has 1 unspecified atom stereocenters. The van der Waals surface area contributed by atoms with E-state index in [1.54, 1.807) is 17.4 Å². The minimum absolute atomic E-state index is 0.123. The normalized spacial score (nSPS) is 19.6. The van der Waals surface area contributed by atoms with Crippen LogP contribution in [0, 0.1) is 0 Å². The van der Waals surface area contributed by atoms with Crippen LogP contribution in [-0.2, 0) is 23.1 Å². The minimum atomic E-state index is -3.19. The molecule has 2 aromatic heterocycles. The zero-order valence-electron chi connectivity index (χ0n) is 12.2. The summed E-state index contributed by atoms with van der Waals surface area (Å²) in [5.41, 5.74) is 1.05. The van der Waals surface area contributed by atoms with E-state index in [4.69, 9.17) is 0 Å². The third-order valence-corrected chi connectivity index (χ3v) is 5.87. The summed E-state index contributed by atoms with van der Waals surface area (Å²) in [4.78, 5) is 4.43. The van der Waals surface area contributed by atoms with Crippen molar-refractivity contribution in [2.45, 2.75) is 33.0 Å². The molecule has 0 radical (unpaired) electrons. The topological polar surface area (TPSA) is 73.0 Å². The van der Waals surface area contributed by atoms with Crippen LogP contribution in [0.15, 0.2) is 24.7 Å². The quantitative estimate of drug-likeness (QED) is 0.839. The molecule has 0 N–H and O–H groups in total. The molecule has 21 heavy (non-hydrogen) atoms. The maximum atomic E-state index is 12.1. The van der Waals surface area contributed by atoms with Crippen LogP contribution in [-0.4, -0.2) is 44.4 Å². The zero-order chi connectivity index (χ0) is 15.0. The van der Waals surface area contributed by atoms with Crippen LogP contribution >= 0.6 is 0 Å². The molecule has 1 aliphatic heterocycles. The van der Waals surface area contributed by atoms with E-state index < -0.39 is 10.0 Å². The molecule has 3 heterocycles.